The molecule has 0 saturated carbocycles. The van der Waals surface area contributed by atoms with E-state index in [9.17, 15) is 9.59 Å². The first kappa shape index (κ1) is 15.5. The average molecular weight is 293 g/mol. The van der Waals surface area contributed by atoms with Gasteiger partial charge in [0, 0.05) is 6.04 Å². The Morgan fingerprint density at radius 2 is 2.00 bits per heavy atom. The van der Waals surface area contributed by atoms with Crippen LogP contribution in [0.2, 0.25) is 0 Å². The standard InChI is InChI=1S/C14H23N5O2/c1-5-14(6-2)13(21)15-7-12(20)18(14)8-11-16-9-17-19(11)10(3)4/h9-10H,5-8H2,1-4H3,(H,15,21). The molecule has 7 nitrogen and oxygen atoms in total. The number of hydrogen-bond donors (Lipinski definition) is 1. The van der Waals surface area contributed by atoms with E-state index in [1.54, 1.807) is 9.58 Å². The Balaban J connectivity index is 2.36. The van der Waals surface area contributed by atoms with Crippen LogP contribution in [0.5, 0.6) is 0 Å². The molecule has 0 radical (unpaired) electrons. The number of hydrogen-bond acceptors (Lipinski definition) is 4. The second kappa shape index (κ2) is 5.83. The van der Waals surface area contributed by atoms with Crippen molar-refractivity contribution in [1.82, 2.24) is 25.0 Å². The molecule has 1 aliphatic rings. The molecule has 2 amide bonds. The summed E-state index contributed by atoms with van der Waals surface area (Å²) in [5, 5.41) is 6.89. The third kappa shape index (κ3) is 2.52. The van der Waals surface area contributed by atoms with Crippen molar-refractivity contribution in [2.75, 3.05) is 6.54 Å². The van der Waals surface area contributed by atoms with E-state index in [4.69, 9.17) is 0 Å². The molecule has 2 rings (SSSR count). The highest BCUT2D eigenvalue weighted by Crippen LogP contribution is 2.29. The SMILES string of the molecule is CCC1(CC)C(=O)NCC(=O)N1Cc1ncnn1C(C)C. The first-order valence-corrected chi connectivity index (χ1v) is 7.43. The van der Waals surface area contributed by atoms with Crippen molar-refractivity contribution >= 4 is 11.8 Å². The van der Waals surface area contributed by atoms with Crippen LogP contribution >= 0.6 is 0 Å². The number of nitrogens with zero attached hydrogens (tertiary/aromatic N) is 4. The van der Waals surface area contributed by atoms with Gasteiger partial charge in [-0.1, -0.05) is 13.8 Å². The largest absolute Gasteiger partial charge is 0.345 e. The first-order chi connectivity index (χ1) is 9.96. The van der Waals surface area contributed by atoms with E-state index in [0.717, 1.165) is 0 Å². The Morgan fingerprint density at radius 1 is 1.33 bits per heavy atom. The monoisotopic (exact) mass is 293 g/mol. The molecule has 0 unspecified atom stereocenters. The fourth-order valence-corrected chi connectivity index (χ4v) is 2.93. The molecular formula is C14H23N5O2. The van der Waals surface area contributed by atoms with Crippen LogP contribution in [-0.4, -0.2) is 43.6 Å². The van der Waals surface area contributed by atoms with Crippen LogP contribution < -0.4 is 5.32 Å². The number of piperazine rings is 1. The minimum atomic E-state index is -0.789. The molecule has 1 aromatic heterocycles. The van der Waals surface area contributed by atoms with Crippen LogP contribution in [0.1, 0.15) is 52.4 Å². The zero-order valence-electron chi connectivity index (χ0n) is 13.1. The highest BCUT2D eigenvalue weighted by atomic mass is 16.2. The summed E-state index contributed by atoms with van der Waals surface area (Å²) < 4.78 is 1.79. The number of carbonyl (C=O) groups is 2. The molecule has 0 aromatic carbocycles. The lowest BCUT2D eigenvalue weighted by Gasteiger charge is -2.44. The second-order valence-corrected chi connectivity index (χ2v) is 5.62. The van der Waals surface area contributed by atoms with Crippen LogP contribution in [0.15, 0.2) is 6.33 Å². The Kier molecular flexibility index (Phi) is 4.29. The van der Waals surface area contributed by atoms with Crippen molar-refractivity contribution in [1.29, 1.82) is 0 Å². The number of carbonyl (C=O) groups excluding carboxylic acids is 2. The third-order valence-corrected chi connectivity index (χ3v) is 4.25. The number of nitrogens with one attached hydrogen (secondary N) is 1. The molecule has 0 spiro atoms. The van der Waals surface area contributed by atoms with Gasteiger partial charge >= 0.3 is 0 Å². The van der Waals surface area contributed by atoms with Gasteiger partial charge in [0.25, 0.3) is 0 Å². The normalized spacial score (nSPS) is 18.2. The van der Waals surface area contributed by atoms with Crippen LogP contribution in [0.25, 0.3) is 0 Å². The first-order valence-electron chi connectivity index (χ1n) is 7.43. The molecule has 1 N–H and O–H groups in total. The maximum atomic E-state index is 12.3. The van der Waals surface area contributed by atoms with Gasteiger partial charge in [0.2, 0.25) is 11.8 Å². The highest BCUT2D eigenvalue weighted by Gasteiger charge is 2.47. The number of amides is 2. The average Bonchev–Trinajstić information content (AvgIpc) is 2.92. The lowest BCUT2D eigenvalue weighted by atomic mass is 9.87. The summed E-state index contributed by atoms with van der Waals surface area (Å²) in [6.45, 7) is 8.25. The van der Waals surface area contributed by atoms with Gasteiger partial charge in [-0.05, 0) is 26.7 Å². The summed E-state index contributed by atoms with van der Waals surface area (Å²) in [6, 6.07) is 0.161. The van der Waals surface area contributed by atoms with Gasteiger partial charge in [-0.15, -0.1) is 0 Å². The summed E-state index contributed by atoms with van der Waals surface area (Å²) >= 11 is 0. The minimum absolute atomic E-state index is 0.0520. The summed E-state index contributed by atoms with van der Waals surface area (Å²) in [6.07, 6.45) is 2.65. The van der Waals surface area contributed by atoms with Gasteiger partial charge in [0.05, 0.1) is 13.1 Å². The van der Waals surface area contributed by atoms with Gasteiger partial charge in [-0.2, -0.15) is 5.10 Å². The van der Waals surface area contributed by atoms with Gasteiger partial charge in [0.1, 0.15) is 17.7 Å². The molecule has 1 saturated heterocycles. The Morgan fingerprint density at radius 3 is 2.57 bits per heavy atom. The third-order valence-electron chi connectivity index (χ3n) is 4.25. The quantitative estimate of drug-likeness (QED) is 0.874. The van der Waals surface area contributed by atoms with Gasteiger partial charge in [-0.25, -0.2) is 9.67 Å². The molecule has 0 bridgehead atoms. The van der Waals surface area contributed by atoms with E-state index in [0.29, 0.717) is 25.2 Å². The molecule has 1 fully saturated rings. The second-order valence-electron chi connectivity index (χ2n) is 5.62. The van der Waals surface area contributed by atoms with Crippen LogP contribution in [0.3, 0.4) is 0 Å². The molecule has 1 aromatic rings. The van der Waals surface area contributed by atoms with E-state index in [1.165, 1.54) is 6.33 Å². The maximum absolute atomic E-state index is 12.3. The predicted octanol–water partition coefficient (Wildman–Crippen LogP) is 0.876. The molecule has 0 aliphatic carbocycles. The molecule has 7 heteroatoms. The van der Waals surface area contributed by atoms with Gasteiger partial charge in [0.15, 0.2) is 0 Å². The topological polar surface area (TPSA) is 80.1 Å². The Hall–Kier alpha value is -1.92. The van der Waals surface area contributed by atoms with E-state index >= 15 is 0 Å². The fraction of sp³-hybridized carbons (Fsp3) is 0.714. The van der Waals surface area contributed by atoms with Crippen LogP contribution in [0, 0.1) is 0 Å². The zero-order valence-corrected chi connectivity index (χ0v) is 13.1. The predicted molar refractivity (Wildman–Crippen MR) is 77.3 cm³/mol. The van der Waals surface area contributed by atoms with Crippen molar-refractivity contribution < 1.29 is 9.59 Å². The number of aromatic nitrogens is 3. The fourth-order valence-electron chi connectivity index (χ4n) is 2.93. The van der Waals surface area contributed by atoms with Crippen molar-refractivity contribution in [3.8, 4) is 0 Å². The van der Waals surface area contributed by atoms with E-state index in [2.05, 4.69) is 15.4 Å². The van der Waals surface area contributed by atoms with E-state index in [-0.39, 0.29) is 24.4 Å². The summed E-state index contributed by atoms with van der Waals surface area (Å²) in [7, 11) is 0. The lowest BCUT2D eigenvalue weighted by molar-refractivity contribution is -0.155. The van der Waals surface area contributed by atoms with Crippen molar-refractivity contribution in [3.05, 3.63) is 12.2 Å². The summed E-state index contributed by atoms with van der Waals surface area (Å²) in [5.41, 5.74) is -0.789. The Bertz CT molecular complexity index is 533. The van der Waals surface area contributed by atoms with Crippen molar-refractivity contribution in [2.24, 2.45) is 0 Å². The van der Waals surface area contributed by atoms with Crippen molar-refractivity contribution in [3.63, 3.8) is 0 Å². The molecule has 2 heterocycles. The lowest BCUT2D eigenvalue weighted by Crippen LogP contribution is -2.66. The van der Waals surface area contributed by atoms with Gasteiger partial charge in [-0.3, -0.25) is 9.59 Å². The highest BCUT2D eigenvalue weighted by molar-refractivity contribution is 5.97. The van der Waals surface area contributed by atoms with Crippen LogP contribution in [0.4, 0.5) is 0 Å². The molecule has 21 heavy (non-hydrogen) atoms. The molecular weight excluding hydrogens is 270 g/mol. The Labute approximate surface area is 124 Å². The van der Waals surface area contributed by atoms with E-state index in [1.807, 2.05) is 27.7 Å². The molecule has 1 aliphatic heterocycles. The smallest absolute Gasteiger partial charge is 0.246 e. The maximum Gasteiger partial charge on any atom is 0.246 e. The minimum Gasteiger partial charge on any atom is -0.345 e. The number of rotatable bonds is 5. The zero-order chi connectivity index (χ0) is 15.6. The molecule has 116 valence electrons. The van der Waals surface area contributed by atoms with Crippen molar-refractivity contribution in [2.45, 2.75) is 58.7 Å². The van der Waals surface area contributed by atoms with E-state index < -0.39 is 5.54 Å². The summed E-state index contributed by atoms with van der Waals surface area (Å²) in [5.74, 6) is 0.554. The van der Waals surface area contributed by atoms with Gasteiger partial charge < -0.3 is 10.2 Å². The summed E-state index contributed by atoms with van der Waals surface area (Å²) in [4.78, 5) is 30.6. The van der Waals surface area contributed by atoms with Crippen LogP contribution in [-0.2, 0) is 16.1 Å². The molecule has 0 atom stereocenters.